The fourth-order valence-corrected chi connectivity index (χ4v) is 3.95. The third-order valence-electron chi connectivity index (χ3n) is 4.90. The number of carbonyl (C=O) groups excluding carboxylic acids is 1. The first kappa shape index (κ1) is 12.9. The van der Waals surface area contributed by atoms with Gasteiger partial charge in [-0.15, -0.1) is 0 Å². The maximum Gasteiger partial charge on any atom is 0.334 e. The van der Waals surface area contributed by atoms with E-state index in [-0.39, 0.29) is 29.8 Å². The molecule has 4 heteroatoms. The SMILES string of the molecule is C=C1C(=O)OC2CC(C)C3C(=CC12)C(C)(O)CC3O. The maximum atomic E-state index is 11.6. The van der Waals surface area contributed by atoms with E-state index in [2.05, 4.69) is 6.58 Å². The largest absolute Gasteiger partial charge is 0.458 e. The average Bonchev–Trinajstić information content (AvgIpc) is 2.61. The molecule has 0 bridgehead atoms. The van der Waals surface area contributed by atoms with E-state index in [1.807, 2.05) is 13.0 Å². The van der Waals surface area contributed by atoms with E-state index >= 15 is 0 Å². The van der Waals surface area contributed by atoms with Gasteiger partial charge < -0.3 is 14.9 Å². The number of fused-ring (bicyclic) bond motifs is 2. The Morgan fingerprint density at radius 3 is 2.89 bits per heavy atom. The zero-order valence-corrected chi connectivity index (χ0v) is 11.3. The summed E-state index contributed by atoms with van der Waals surface area (Å²) in [6.45, 7) is 7.58. The fraction of sp³-hybridized carbons (Fsp3) is 0.667. The van der Waals surface area contributed by atoms with Crippen LogP contribution in [0, 0.1) is 17.8 Å². The molecule has 2 N–H and O–H groups in total. The summed E-state index contributed by atoms with van der Waals surface area (Å²) in [5.41, 5.74) is 0.307. The normalized spacial score (nSPS) is 49.3. The second-order valence-electron chi connectivity index (χ2n) is 6.40. The highest BCUT2D eigenvalue weighted by atomic mass is 16.6. The molecule has 0 spiro atoms. The van der Waals surface area contributed by atoms with Crippen LogP contribution in [0.2, 0.25) is 0 Å². The van der Waals surface area contributed by atoms with Crippen LogP contribution in [-0.2, 0) is 9.53 Å². The van der Waals surface area contributed by atoms with E-state index in [0.717, 1.165) is 5.57 Å². The Hall–Kier alpha value is -1.13. The number of esters is 1. The number of ether oxygens (including phenoxy) is 1. The zero-order valence-electron chi connectivity index (χ0n) is 11.3. The summed E-state index contributed by atoms with van der Waals surface area (Å²) in [7, 11) is 0. The molecular weight excluding hydrogens is 244 g/mol. The molecule has 0 aromatic carbocycles. The van der Waals surface area contributed by atoms with Crippen LogP contribution in [0.4, 0.5) is 0 Å². The van der Waals surface area contributed by atoms with Gasteiger partial charge in [0, 0.05) is 23.8 Å². The second kappa shape index (κ2) is 3.93. The molecule has 0 amide bonds. The van der Waals surface area contributed by atoms with Crippen molar-refractivity contribution in [1.29, 1.82) is 0 Å². The quantitative estimate of drug-likeness (QED) is 0.392. The number of carbonyl (C=O) groups is 1. The fourth-order valence-electron chi connectivity index (χ4n) is 3.95. The van der Waals surface area contributed by atoms with Crippen LogP contribution < -0.4 is 0 Å². The monoisotopic (exact) mass is 264 g/mol. The summed E-state index contributed by atoms with van der Waals surface area (Å²) in [5, 5.41) is 20.7. The van der Waals surface area contributed by atoms with E-state index in [1.165, 1.54) is 0 Å². The summed E-state index contributed by atoms with van der Waals surface area (Å²) in [4.78, 5) is 11.6. The molecule has 1 saturated carbocycles. The van der Waals surface area contributed by atoms with Gasteiger partial charge in [0.1, 0.15) is 6.10 Å². The maximum absolute atomic E-state index is 11.6. The van der Waals surface area contributed by atoms with Crippen molar-refractivity contribution in [3.8, 4) is 0 Å². The minimum absolute atomic E-state index is 0.0490. The van der Waals surface area contributed by atoms with Gasteiger partial charge in [0.05, 0.1) is 11.7 Å². The highest BCUT2D eigenvalue weighted by Gasteiger charge is 2.51. The van der Waals surface area contributed by atoms with Crippen molar-refractivity contribution in [1.82, 2.24) is 0 Å². The van der Waals surface area contributed by atoms with Gasteiger partial charge in [-0.05, 0) is 24.8 Å². The molecule has 1 heterocycles. The Morgan fingerprint density at radius 1 is 1.53 bits per heavy atom. The van der Waals surface area contributed by atoms with Crippen LogP contribution in [-0.4, -0.2) is 34.0 Å². The molecule has 0 aromatic heterocycles. The number of hydrogen-bond acceptors (Lipinski definition) is 4. The Balaban J connectivity index is 2.06. The van der Waals surface area contributed by atoms with Crippen molar-refractivity contribution in [3.05, 3.63) is 23.8 Å². The van der Waals surface area contributed by atoms with Gasteiger partial charge in [-0.3, -0.25) is 0 Å². The molecule has 19 heavy (non-hydrogen) atoms. The lowest BCUT2D eigenvalue weighted by atomic mass is 9.84. The van der Waals surface area contributed by atoms with Crippen molar-refractivity contribution in [2.24, 2.45) is 17.8 Å². The zero-order chi connectivity index (χ0) is 13.9. The van der Waals surface area contributed by atoms with Crippen LogP contribution >= 0.6 is 0 Å². The third kappa shape index (κ3) is 1.77. The molecule has 6 atom stereocenters. The summed E-state index contributed by atoms with van der Waals surface area (Å²) >= 11 is 0. The Bertz CT molecular complexity index is 477. The minimum Gasteiger partial charge on any atom is -0.458 e. The van der Waals surface area contributed by atoms with E-state index in [4.69, 9.17) is 4.74 Å². The molecule has 6 unspecified atom stereocenters. The van der Waals surface area contributed by atoms with Gasteiger partial charge in [-0.1, -0.05) is 19.6 Å². The molecule has 1 aliphatic heterocycles. The molecule has 2 fully saturated rings. The molecule has 2 aliphatic carbocycles. The minimum atomic E-state index is -1.00. The van der Waals surface area contributed by atoms with Gasteiger partial charge in [-0.25, -0.2) is 4.79 Å². The van der Waals surface area contributed by atoms with Gasteiger partial charge >= 0.3 is 5.97 Å². The molecule has 3 rings (SSSR count). The summed E-state index contributed by atoms with van der Waals surface area (Å²) in [5.74, 6) is -0.376. The van der Waals surface area contributed by atoms with Crippen molar-refractivity contribution in [3.63, 3.8) is 0 Å². The lowest BCUT2D eigenvalue weighted by Crippen LogP contribution is -2.25. The average molecular weight is 264 g/mol. The Kier molecular flexibility index (Phi) is 2.67. The van der Waals surface area contributed by atoms with Crippen LogP contribution in [0.3, 0.4) is 0 Å². The lowest BCUT2D eigenvalue weighted by molar-refractivity contribution is -0.139. The molecule has 4 nitrogen and oxygen atoms in total. The molecule has 0 aromatic rings. The van der Waals surface area contributed by atoms with Crippen molar-refractivity contribution >= 4 is 5.97 Å². The topological polar surface area (TPSA) is 66.8 Å². The molecule has 0 radical (unpaired) electrons. The first-order valence-corrected chi connectivity index (χ1v) is 6.83. The second-order valence-corrected chi connectivity index (χ2v) is 6.40. The van der Waals surface area contributed by atoms with Crippen molar-refractivity contribution in [2.75, 3.05) is 0 Å². The standard InChI is InChI=1S/C15H20O4/c1-7-4-12-9(8(2)14(17)19-12)5-10-13(7)11(16)6-15(10,3)18/h5,7,9,11-13,16,18H,2,4,6H2,1,3H3. The van der Waals surface area contributed by atoms with Gasteiger partial charge in [0.25, 0.3) is 0 Å². The first-order chi connectivity index (χ1) is 8.81. The summed E-state index contributed by atoms with van der Waals surface area (Å²) in [6.07, 6.45) is 2.25. The van der Waals surface area contributed by atoms with Crippen LogP contribution in [0.5, 0.6) is 0 Å². The molecule has 3 aliphatic rings. The lowest BCUT2D eigenvalue weighted by Gasteiger charge is -2.25. The summed E-state index contributed by atoms with van der Waals surface area (Å²) in [6, 6.07) is 0. The molecular formula is C15H20O4. The number of hydrogen-bond donors (Lipinski definition) is 2. The first-order valence-electron chi connectivity index (χ1n) is 6.83. The van der Waals surface area contributed by atoms with Gasteiger partial charge in [0.15, 0.2) is 0 Å². The van der Waals surface area contributed by atoms with Crippen LogP contribution in [0.15, 0.2) is 23.8 Å². The third-order valence-corrected chi connectivity index (χ3v) is 4.90. The van der Waals surface area contributed by atoms with Crippen molar-refractivity contribution < 1.29 is 19.7 Å². The predicted molar refractivity (Wildman–Crippen MR) is 69.1 cm³/mol. The van der Waals surface area contributed by atoms with E-state index in [9.17, 15) is 15.0 Å². The highest BCUT2D eigenvalue weighted by Crippen LogP contribution is 2.49. The van der Waals surface area contributed by atoms with E-state index in [0.29, 0.717) is 18.4 Å². The number of rotatable bonds is 0. The number of aliphatic hydroxyl groups excluding tert-OH is 1. The van der Waals surface area contributed by atoms with Crippen LogP contribution in [0.1, 0.15) is 26.7 Å². The van der Waals surface area contributed by atoms with Gasteiger partial charge in [-0.2, -0.15) is 0 Å². The van der Waals surface area contributed by atoms with Crippen molar-refractivity contribution in [2.45, 2.75) is 44.5 Å². The van der Waals surface area contributed by atoms with Crippen LogP contribution in [0.25, 0.3) is 0 Å². The Labute approximate surface area is 112 Å². The number of aliphatic hydroxyl groups is 2. The predicted octanol–water partition coefficient (Wildman–Crippen LogP) is 1.18. The summed E-state index contributed by atoms with van der Waals surface area (Å²) < 4.78 is 5.35. The molecule has 1 saturated heterocycles. The highest BCUT2D eigenvalue weighted by molar-refractivity contribution is 5.91. The van der Waals surface area contributed by atoms with E-state index in [1.54, 1.807) is 6.92 Å². The van der Waals surface area contributed by atoms with E-state index < -0.39 is 11.7 Å². The molecule has 104 valence electrons. The Morgan fingerprint density at radius 2 is 2.21 bits per heavy atom. The smallest absolute Gasteiger partial charge is 0.334 e. The van der Waals surface area contributed by atoms with Gasteiger partial charge in [0.2, 0.25) is 0 Å².